The maximum absolute atomic E-state index is 12.9. The molecule has 3 rings (SSSR count). The van der Waals surface area contributed by atoms with E-state index in [2.05, 4.69) is 0 Å². The van der Waals surface area contributed by atoms with E-state index < -0.39 is 23.5 Å². The average Bonchev–Trinajstić information content (AvgIpc) is 2.97. The molecule has 0 saturated carbocycles. The summed E-state index contributed by atoms with van der Waals surface area (Å²) < 4.78 is 5.06. The van der Waals surface area contributed by atoms with Gasteiger partial charge in [-0.3, -0.25) is 9.59 Å². The summed E-state index contributed by atoms with van der Waals surface area (Å²) in [5.74, 6) is -1.69. The van der Waals surface area contributed by atoms with Gasteiger partial charge in [0.15, 0.2) is 0 Å². The summed E-state index contributed by atoms with van der Waals surface area (Å²) in [6, 6.07) is 12.7. The molecule has 7 nitrogen and oxygen atoms in total. The van der Waals surface area contributed by atoms with Crippen molar-refractivity contribution < 1.29 is 24.5 Å². The van der Waals surface area contributed by atoms with Crippen molar-refractivity contribution in [1.82, 2.24) is 9.80 Å². The number of Topliss-reactive ketones (excluding diaryl/α,β-unsaturated/α-hetero) is 1. The van der Waals surface area contributed by atoms with Crippen LogP contribution in [0, 0.1) is 0 Å². The van der Waals surface area contributed by atoms with Crippen LogP contribution in [0.1, 0.15) is 17.2 Å². The van der Waals surface area contributed by atoms with E-state index in [9.17, 15) is 19.8 Å². The largest absolute Gasteiger partial charge is 0.507 e. The lowest BCUT2D eigenvalue weighted by Gasteiger charge is -2.26. The molecule has 0 aliphatic carbocycles. The van der Waals surface area contributed by atoms with Crippen LogP contribution in [-0.4, -0.2) is 66.0 Å². The monoisotopic (exact) mass is 396 g/mol. The molecule has 0 bridgehead atoms. The Balaban J connectivity index is 2.15. The number of likely N-dealkylation sites (N-methyl/N-ethyl adjacent to an activating group) is 1. The molecule has 1 amide bonds. The average molecular weight is 396 g/mol. The van der Waals surface area contributed by atoms with Crippen LogP contribution in [0.4, 0.5) is 0 Å². The molecule has 152 valence electrons. The van der Waals surface area contributed by atoms with E-state index >= 15 is 0 Å². The highest BCUT2D eigenvalue weighted by Gasteiger charge is 2.46. The first-order valence-corrected chi connectivity index (χ1v) is 9.20. The van der Waals surface area contributed by atoms with Gasteiger partial charge in [0.05, 0.1) is 24.3 Å². The van der Waals surface area contributed by atoms with Gasteiger partial charge in [0.1, 0.15) is 17.3 Å². The fraction of sp³-hybridized carbons (Fsp3) is 0.273. The SMILES string of the molecule is COc1ccc(/C(O)=C2\C(=O)C(=O)N(CCN(C)C)C2c2ccccc2)c(O)c1. The van der Waals surface area contributed by atoms with Crippen LogP contribution < -0.4 is 4.74 Å². The number of hydrogen-bond donors (Lipinski definition) is 2. The molecule has 2 aromatic carbocycles. The number of aromatic hydroxyl groups is 1. The Bertz CT molecular complexity index is 953. The minimum atomic E-state index is -0.773. The summed E-state index contributed by atoms with van der Waals surface area (Å²) in [5.41, 5.74) is 0.734. The first-order chi connectivity index (χ1) is 13.8. The van der Waals surface area contributed by atoms with Crippen molar-refractivity contribution in [3.63, 3.8) is 0 Å². The molecule has 0 radical (unpaired) electrons. The molecule has 0 aromatic heterocycles. The summed E-state index contributed by atoms with van der Waals surface area (Å²) in [5, 5.41) is 21.3. The van der Waals surface area contributed by atoms with E-state index in [1.165, 1.54) is 24.1 Å². The number of amides is 1. The molecular weight excluding hydrogens is 372 g/mol. The van der Waals surface area contributed by atoms with Crippen LogP contribution in [0.15, 0.2) is 54.1 Å². The van der Waals surface area contributed by atoms with Gasteiger partial charge in [-0.2, -0.15) is 0 Å². The number of ketones is 1. The molecule has 1 aliphatic heterocycles. The molecule has 1 unspecified atom stereocenters. The number of aliphatic hydroxyl groups excluding tert-OH is 1. The molecular formula is C22H24N2O5. The van der Waals surface area contributed by atoms with Crippen molar-refractivity contribution >= 4 is 17.4 Å². The lowest BCUT2D eigenvalue weighted by atomic mass is 9.95. The van der Waals surface area contributed by atoms with Crippen molar-refractivity contribution in [2.75, 3.05) is 34.3 Å². The fourth-order valence-corrected chi connectivity index (χ4v) is 3.38. The van der Waals surface area contributed by atoms with Crippen LogP contribution in [0.3, 0.4) is 0 Å². The summed E-state index contributed by atoms with van der Waals surface area (Å²) in [7, 11) is 5.22. The smallest absolute Gasteiger partial charge is 0.295 e. The Morgan fingerprint density at radius 2 is 1.83 bits per heavy atom. The van der Waals surface area contributed by atoms with Crippen molar-refractivity contribution in [3.05, 3.63) is 65.2 Å². The van der Waals surface area contributed by atoms with Crippen molar-refractivity contribution in [3.8, 4) is 11.5 Å². The summed E-state index contributed by atoms with van der Waals surface area (Å²) in [6.45, 7) is 0.882. The predicted molar refractivity (Wildman–Crippen MR) is 109 cm³/mol. The molecule has 1 saturated heterocycles. The van der Waals surface area contributed by atoms with Crippen molar-refractivity contribution in [1.29, 1.82) is 0 Å². The predicted octanol–water partition coefficient (Wildman–Crippen LogP) is 2.38. The Morgan fingerprint density at radius 1 is 1.14 bits per heavy atom. The van der Waals surface area contributed by atoms with Gasteiger partial charge in [-0.1, -0.05) is 30.3 Å². The molecule has 1 atom stereocenters. The standard InChI is InChI=1S/C22H24N2O5/c1-23(2)11-12-24-19(14-7-5-4-6-8-14)18(21(27)22(24)28)20(26)16-10-9-15(29-3)13-17(16)25/h4-10,13,19,25-26H,11-12H2,1-3H3/b20-18+. The molecule has 1 aliphatic rings. The number of hydrogen-bond acceptors (Lipinski definition) is 6. The fourth-order valence-electron chi connectivity index (χ4n) is 3.38. The van der Waals surface area contributed by atoms with Gasteiger partial charge < -0.3 is 24.7 Å². The minimum absolute atomic E-state index is 0.0413. The molecule has 29 heavy (non-hydrogen) atoms. The van der Waals surface area contributed by atoms with Gasteiger partial charge in [0, 0.05) is 19.2 Å². The van der Waals surface area contributed by atoms with Crippen LogP contribution in [-0.2, 0) is 9.59 Å². The topological polar surface area (TPSA) is 90.3 Å². The second-order valence-electron chi connectivity index (χ2n) is 7.09. The zero-order valence-electron chi connectivity index (χ0n) is 16.6. The molecule has 1 fully saturated rings. The Kier molecular flexibility index (Phi) is 5.89. The number of carbonyl (C=O) groups excluding carboxylic acids is 2. The van der Waals surface area contributed by atoms with Gasteiger partial charge in [-0.15, -0.1) is 0 Å². The zero-order chi connectivity index (χ0) is 21.1. The Morgan fingerprint density at radius 3 is 2.41 bits per heavy atom. The van der Waals surface area contributed by atoms with Crippen LogP contribution in [0.5, 0.6) is 11.5 Å². The van der Waals surface area contributed by atoms with Gasteiger partial charge in [0.2, 0.25) is 0 Å². The van der Waals surface area contributed by atoms with E-state index in [4.69, 9.17) is 4.74 Å². The maximum Gasteiger partial charge on any atom is 0.295 e. The highest BCUT2D eigenvalue weighted by atomic mass is 16.5. The molecule has 2 N–H and O–H groups in total. The maximum atomic E-state index is 12.9. The third-order valence-corrected chi connectivity index (χ3v) is 4.90. The van der Waals surface area contributed by atoms with E-state index in [1.54, 1.807) is 18.2 Å². The van der Waals surface area contributed by atoms with Gasteiger partial charge in [-0.25, -0.2) is 0 Å². The number of likely N-dealkylation sites (tertiary alicyclic amines) is 1. The Labute approximate surface area is 169 Å². The van der Waals surface area contributed by atoms with Crippen LogP contribution in [0.2, 0.25) is 0 Å². The highest BCUT2D eigenvalue weighted by molar-refractivity contribution is 6.46. The number of phenols is 1. The number of aliphatic hydroxyl groups is 1. The number of benzene rings is 2. The highest BCUT2D eigenvalue weighted by Crippen LogP contribution is 2.41. The van der Waals surface area contributed by atoms with E-state index in [0.717, 1.165) is 0 Å². The molecule has 7 heteroatoms. The van der Waals surface area contributed by atoms with Gasteiger partial charge in [0.25, 0.3) is 11.7 Å². The first kappa shape index (κ1) is 20.4. The van der Waals surface area contributed by atoms with E-state index in [-0.39, 0.29) is 16.9 Å². The summed E-state index contributed by atoms with van der Waals surface area (Å²) >= 11 is 0. The first-order valence-electron chi connectivity index (χ1n) is 9.20. The van der Waals surface area contributed by atoms with Gasteiger partial charge >= 0.3 is 0 Å². The number of ether oxygens (including phenoxy) is 1. The lowest BCUT2D eigenvalue weighted by Crippen LogP contribution is -2.35. The lowest BCUT2D eigenvalue weighted by molar-refractivity contribution is -0.140. The van der Waals surface area contributed by atoms with Crippen molar-refractivity contribution in [2.45, 2.75) is 6.04 Å². The van der Waals surface area contributed by atoms with Gasteiger partial charge in [-0.05, 0) is 31.8 Å². The number of phenolic OH excluding ortho intramolecular Hbond substituents is 1. The minimum Gasteiger partial charge on any atom is -0.507 e. The Hall–Kier alpha value is -3.32. The molecule has 2 aromatic rings. The number of nitrogens with zero attached hydrogens (tertiary/aromatic N) is 2. The normalized spacial score (nSPS) is 18.5. The molecule has 1 heterocycles. The third kappa shape index (κ3) is 3.95. The second kappa shape index (κ2) is 8.36. The number of carbonyl (C=O) groups is 2. The van der Waals surface area contributed by atoms with Crippen LogP contribution in [0.25, 0.3) is 5.76 Å². The number of methoxy groups -OCH3 is 1. The summed E-state index contributed by atoms with van der Waals surface area (Å²) in [6.07, 6.45) is 0. The molecule has 0 spiro atoms. The van der Waals surface area contributed by atoms with Crippen LogP contribution >= 0.6 is 0 Å². The summed E-state index contributed by atoms with van der Waals surface area (Å²) in [4.78, 5) is 29.0. The van der Waals surface area contributed by atoms with E-state index in [1.807, 2.05) is 37.2 Å². The van der Waals surface area contributed by atoms with E-state index in [0.29, 0.717) is 24.4 Å². The zero-order valence-corrected chi connectivity index (χ0v) is 16.6. The second-order valence-corrected chi connectivity index (χ2v) is 7.09. The van der Waals surface area contributed by atoms with Crippen molar-refractivity contribution in [2.24, 2.45) is 0 Å². The third-order valence-electron chi connectivity index (χ3n) is 4.90. The quantitative estimate of drug-likeness (QED) is 0.443. The number of rotatable bonds is 6.